The molecule has 0 aromatic heterocycles. The van der Waals surface area contributed by atoms with Gasteiger partial charge in [-0.1, -0.05) is 66.7 Å². The van der Waals surface area contributed by atoms with Crippen molar-refractivity contribution >= 4 is 5.97 Å². The zero-order chi connectivity index (χ0) is 21.5. The molecule has 0 radical (unpaired) electrons. The molecule has 4 rings (SSSR count). The van der Waals surface area contributed by atoms with Gasteiger partial charge in [0, 0.05) is 13.1 Å². The van der Waals surface area contributed by atoms with E-state index in [9.17, 15) is 4.79 Å². The van der Waals surface area contributed by atoms with Crippen LogP contribution in [0, 0.1) is 0 Å². The van der Waals surface area contributed by atoms with Gasteiger partial charge in [0.1, 0.15) is 18.4 Å². The second-order valence-electron chi connectivity index (χ2n) is 7.73. The van der Waals surface area contributed by atoms with Crippen LogP contribution in [0.1, 0.15) is 34.7 Å². The summed E-state index contributed by atoms with van der Waals surface area (Å²) in [6.07, 6.45) is 0.808. The van der Waals surface area contributed by atoms with Crippen LogP contribution in [0.25, 0.3) is 0 Å². The van der Waals surface area contributed by atoms with Crippen molar-refractivity contribution in [3.8, 4) is 5.75 Å². The van der Waals surface area contributed by atoms with Gasteiger partial charge in [0.15, 0.2) is 0 Å². The molecule has 0 unspecified atom stereocenters. The van der Waals surface area contributed by atoms with Gasteiger partial charge in [0.25, 0.3) is 0 Å². The number of benzene rings is 3. The summed E-state index contributed by atoms with van der Waals surface area (Å²) < 4.78 is 11.5. The summed E-state index contributed by atoms with van der Waals surface area (Å²) in [5, 5.41) is 0. The number of carbonyl (C=O) groups excluding carboxylic acids is 1. The molecule has 0 fully saturated rings. The van der Waals surface area contributed by atoms with Crippen molar-refractivity contribution in [3.05, 3.63) is 101 Å². The summed E-state index contributed by atoms with van der Waals surface area (Å²) in [6, 6.07) is 25.3. The highest BCUT2D eigenvalue weighted by Gasteiger charge is 2.33. The van der Waals surface area contributed by atoms with Crippen LogP contribution in [-0.2, 0) is 29.2 Å². The Labute approximate surface area is 183 Å². The van der Waals surface area contributed by atoms with E-state index in [4.69, 9.17) is 15.2 Å². The van der Waals surface area contributed by atoms with Crippen molar-refractivity contribution in [3.63, 3.8) is 0 Å². The average Bonchev–Trinajstić information content (AvgIpc) is 3.23. The van der Waals surface area contributed by atoms with Gasteiger partial charge in [-0.15, -0.1) is 0 Å². The van der Waals surface area contributed by atoms with Crippen molar-refractivity contribution in [1.82, 2.24) is 4.90 Å². The van der Waals surface area contributed by atoms with Gasteiger partial charge in [0.2, 0.25) is 0 Å². The summed E-state index contributed by atoms with van der Waals surface area (Å²) in [6.45, 7) is 2.88. The Balaban J connectivity index is 1.52. The summed E-state index contributed by atoms with van der Waals surface area (Å²) in [5.41, 5.74) is 9.91. The molecule has 1 heterocycles. The number of nitrogens with zero attached hydrogens (tertiary/aromatic N) is 1. The third-order valence-electron chi connectivity index (χ3n) is 5.49. The quantitative estimate of drug-likeness (QED) is 0.418. The van der Waals surface area contributed by atoms with Gasteiger partial charge in [-0.25, -0.2) is 4.79 Å². The molecular formula is C26H28N2O3. The van der Waals surface area contributed by atoms with Crippen molar-refractivity contribution in [1.29, 1.82) is 0 Å². The Morgan fingerprint density at radius 2 is 1.55 bits per heavy atom. The lowest BCUT2D eigenvalue weighted by Gasteiger charge is -2.26. The first-order valence-electron chi connectivity index (χ1n) is 10.7. The predicted molar refractivity (Wildman–Crippen MR) is 120 cm³/mol. The maximum absolute atomic E-state index is 13.2. The zero-order valence-corrected chi connectivity index (χ0v) is 17.6. The van der Waals surface area contributed by atoms with Crippen LogP contribution in [0.3, 0.4) is 0 Å². The highest BCUT2D eigenvalue weighted by molar-refractivity contribution is 5.78. The normalized spacial score (nSPS) is 14.1. The SMILES string of the molecule is NCCCOc1ccc([C@@H](C(=O)OCc2ccccc2)N2Cc3ccccc3C2)cc1. The van der Waals surface area contributed by atoms with E-state index in [0.29, 0.717) is 13.2 Å². The maximum Gasteiger partial charge on any atom is 0.328 e. The fourth-order valence-corrected chi connectivity index (χ4v) is 3.87. The monoisotopic (exact) mass is 416 g/mol. The Bertz CT molecular complexity index is 964. The topological polar surface area (TPSA) is 64.8 Å². The lowest BCUT2D eigenvalue weighted by Crippen LogP contribution is -2.31. The number of hydrogen-bond acceptors (Lipinski definition) is 5. The van der Waals surface area contributed by atoms with E-state index >= 15 is 0 Å². The van der Waals surface area contributed by atoms with Gasteiger partial charge in [-0.3, -0.25) is 4.90 Å². The summed E-state index contributed by atoms with van der Waals surface area (Å²) in [5.74, 6) is 0.534. The van der Waals surface area contributed by atoms with E-state index in [0.717, 1.165) is 36.4 Å². The van der Waals surface area contributed by atoms with E-state index in [1.54, 1.807) is 0 Å². The molecule has 0 aliphatic carbocycles. The first-order valence-corrected chi connectivity index (χ1v) is 10.7. The van der Waals surface area contributed by atoms with Crippen molar-refractivity contribution < 1.29 is 14.3 Å². The highest BCUT2D eigenvalue weighted by atomic mass is 16.5. The molecule has 2 N–H and O–H groups in total. The number of nitrogens with two attached hydrogens (primary N) is 1. The number of esters is 1. The third-order valence-corrected chi connectivity index (χ3v) is 5.49. The molecule has 0 spiro atoms. The van der Waals surface area contributed by atoms with E-state index in [2.05, 4.69) is 17.0 Å². The van der Waals surface area contributed by atoms with E-state index in [1.165, 1.54) is 11.1 Å². The number of carbonyl (C=O) groups is 1. The predicted octanol–water partition coefficient (Wildman–Crippen LogP) is 4.21. The molecule has 1 aliphatic rings. The molecule has 1 atom stereocenters. The molecule has 5 nitrogen and oxygen atoms in total. The summed E-state index contributed by atoms with van der Waals surface area (Å²) in [4.78, 5) is 15.4. The summed E-state index contributed by atoms with van der Waals surface area (Å²) in [7, 11) is 0. The third kappa shape index (κ3) is 5.32. The minimum atomic E-state index is -0.478. The highest BCUT2D eigenvalue weighted by Crippen LogP contribution is 2.33. The Morgan fingerprint density at radius 3 is 2.19 bits per heavy atom. The maximum atomic E-state index is 13.2. The van der Waals surface area contributed by atoms with Crippen LogP contribution in [-0.4, -0.2) is 24.0 Å². The average molecular weight is 417 g/mol. The van der Waals surface area contributed by atoms with Gasteiger partial charge in [-0.2, -0.15) is 0 Å². The van der Waals surface area contributed by atoms with Crippen molar-refractivity contribution in [2.45, 2.75) is 32.2 Å². The Kier molecular flexibility index (Phi) is 6.97. The first kappa shape index (κ1) is 21.1. The molecule has 0 bridgehead atoms. The van der Waals surface area contributed by atoms with Gasteiger partial charge >= 0.3 is 5.97 Å². The molecule has 0 saturated heterocycles. The van der Waals surface area contributed by atoms with Crippen LogP contribution in [0.4, 0.5) is 0 Å². The van der Waals surface area contributed by atoms with Crippen LogP contribution >= 0.6 is 0 Å². The fraction of sp³-hybridized carbons (Fsp3) is 0.269. The number of fused-ring (bicyclic) bond motifs is 1. The van der Waals surface area contributed by atoms with Gasteiger partial charge in [-0.05, 0) is 47.4 Å². The Morgan fingerprint density at radius 1 is 0.903 bits per heavy atom. The van der Waals surface area contributed by atoms with Crippen molar-refractivity contribution in [2.24, 2.45) is 5.73 Å². The molecule has 31 heavy (non-hydrogen) atoms. The fourth-order valence-electron chi connectivity index (χ4n) is 3.87. The zero-order valence-electron chi connectivity index (χ0n) is 17.6. The van der Waals surface area contributed by atoms with Crippen molar-refractivity contribution in [2.75, 3.05) is 13.2 Å². The van der Waals surface area contributed by atoms with Crippen LogP contribution < -0.4 is 10.5 Å². The van der Waals surface area contributed by atoms with E-state index in [-0.39, 0.29) is 12.6 Å². The molecular weight excluding hydrogens is 388 g/mol. The molecule has 0 amide bonds. The molecule has 0 saturated carbocycles. The standard InChI is InChI=1S/C26H28N2O3/c27-15-6-16-30-24-13-11-21(12-14-24)25(26(29)31-19-20-7-2-1-3-8-20)28-17-22-9-4-5-10-23(22)18-28/h1-5,7-14,25H,6,15-19,27H2/t25-/m0/s1. The molecule has 160 valence electrons. The minimum absolute atomic E-state index is 0.242. The second-order valence-corrected chi connectivity index (χ2v) is 7.73. The lowest BCUT2D eigenvalue weighted by atomic mass is 10.1. The first-order chi connectivity index (χ1) is 15.2. The lowest BCUT2D eigenvalue weighted by molar-refractivity contribution is -0.152. The number of hydrogen-bond donors (Lipinski definition) is 1. The van der Waals surface area contributed by atoms with Gasteiger partial charge < -0.3 is 15.2 Å². The largest absolute Gasteiger partial charge is 0.494 e. The minimum Gasteiger partial charge on any atom is -0.494 e. The second kappa shape index (κ2) is 10.2. The van der Waals surface area contributed by atoms with Crippen LogP contribution in [0.5, 0.6) is 5.75 Å². The van der Waals surface area contributed by atoms with Crippen LogP contribution in [0.15, 0.2) is 78.9 Å². The van der Waals surface area contributed by atoms with Gasteiger partial charge in [0.05, 0.1) is 6.61 Å². The smallest absolute Gasteiger partial charge is 0.328 e. The van der Waals surface area contributed by atoms with Crippen LogP contribution in [0.2, 0.25) is 0 Å². The number of rotatable bonds is 9. The molecule has 1 aliphatic heterocycles. The Hall–Kier alpha value is -3.15. The van der Waals surface area contributed by atoms with E-state index in [1.807, 2.05) is 66.7 Å². The number of ether oxygens (including phenoxy) is 2. The van der Waals surface area contributed by atoms with E-state index < -0.39 is 6.04 Å². The molecule has 3 aromatic rings. The molecule has 5 heteroatoms. The molecule has 3 aromatic carbocycles. The summed E-state index contributed by atoms with van der Waals surface area (Å²) >= 11 is 0.